The van der Waals surface area contributed by atoms with Gasteiger partial charge >= 0.3 is 0 Å². The monoisotopic (exact) mass is 349 g/mol. The Hall–Kier alpha value is -2.66. The van der Waals surface area contributed by atoms with Crippen LogP contribution in [0.2, 0.25) is 0 Å². The minimum Gasteiger partial charge on any atom is -0.497 e. The Labute approximate surface area is 153 Å². The van der Waals surface area contributed by atoms with Crippen LogP contribution in [-0.4, -0.2) is 28.2 Å². The highest BCUT2D eigenvalue weighted by Gasteiger charge is 2.30. The van der Waals surface area contributed by atoms with E-state index < -0.39 is 0 Å². The number of aryl methyl sites for hydroxylation is 1. The van der Waals surface area contributed by atoms with Gasteiger partial charge in [0.2, 0.25) is 11.7 Å². The fraction of sp³-hybridized carbons (Fsp3) is 0.333. The lowest BCUT2D eigenvalue weighted by molar-refractivity contribution is 0.209. The number of rotatable bonds is 7. The van der Waals surface area contributed by atoms with Crippen molar-refractivity contribution in [2.75, 3.05) is 7.11 Å². The summed E-state index contributed by atoms with van der Waals surface area (Å²) in [6.07, 6.45) is 2.46. The molecule has 0 saturated heterocycles. The predicted octanol–water partition coefficient (Wildman–Crippen LogP) is 4.22. The second kappa shape index (κ2) is 7.30. The van der Waals surface area contributed by atoms with E-state index in [1.54, 1.807) is 7.11 Å². The summed E-state index contributed by atoms with van der Waals surface area (Å²) in [5.74, 6) is 2.20. The molecular formula is C21H23N3O2. The molecule has 0 N–H and O–H groups in total. The average Bonchev–Trinajstić information content (AvgIpc) is 3.42. The van der Waals surface area contributed by atoms with Crippen LogP contribution in [0.5, 0.6) is 5.75 Å². The molecule has 1 aliphatic rings. The van der Waals surface area contributed by atoms with E-state index in [2.05, 4.69) is 46.2 Å². The summed E-state index contributed by atoms with van der Waals surface area (Å²) in [7, 11) is 1.69. The first kappa shape index (κ1) is 16.8. The largest absolute Gasteiger partial charge is 0.497 e. The van der Waals surface area contributed by atoms with Crippen LogP contribution >= 0.6 is 0 Å². The molecule has 1 heterocycles. The standard InChI is InChI=1S/C21H23N3O2/c1-15-3-7-17(8-4-15)21-22-20(26-23-21)14-24(18-9-10-18)13-16-5-11-19(25-2)12-6-16/h3-8,11-12,18H,9-10,13-14H2,1-2H3. The van der Waals surface area contributed by atoms with E-state index in [1.165, 1.54) is 24.0 Å². The second-order valence-corrected chi connectivity index (χ2v) is 6.86. The zero-order valence-electron chi connectivity index (χ0n) is 15.2. The number of aromatic nitrogens is 2. The molecular weight excluding hydrogens is 326 g/mol. The van der Waals surface area contributed by atoms with Gasteiger partial charge in [-0.15, -0.1) is 0 Å². The third-order valence-corrected chi connectivity index (χ3v) is 4.72. The van der Waals surface area contributed by atoms with Crippen LogP contribution in [0.4, 0.5) is 0 Å². The summed E-state index contributed by atoms with van der Waals surface area (Å²) in [5, 5.41) is 4.15. The first-order chi connectivity index (χ1) is 12.7. The summed E-state index contributed by atoms with van der Waals surface area (Å²) in [6, 6.07) is 17.0. The van der Waals surface area contributed by atoms with Gasteiger partial charge in [0.15, 0.2) is 0 Å². The van der Waals surface area contributed by atoms with Crippen molar-refractivity contribution in [3.8, 4) is 17.1 Å². The lowest BCUT2D eigenvalue weighted by Crippen LogP contribution is -2.25. The highest BCUT2D eigenvalue weighted by atomic mass is 16.5. The zero-order valence-corrected chi connectivity index (χ0v) is 15.2. The number of nitrogens with zero attached hydrogens (tertiary/aromatic N) is 3. The highest BCUT2D eigenvalue weighted by molar-refractivity contribution is 5.54. The number of methoxy groups -OCH3 is 1. The van der Waals surface area contributed by atoms with Gasteiger partial charge in [-0.3, -0.25) is 4.90 Å². The van der Waals surface area contributed by atoms with Crippen molar-refractivity contribution >= 4 is 0 Å². The molecule has 0 amide bonds. The maximum absolute atomic E-state index is 5.51. The minimum atomic E-state index is 0.604. The normalized spacial score (nSPS) is 14.0. The molecule has 0 aliphatic heterocycles. The van der Waals surface area contributed by atoms with Gasteiger partial charge in [0.05, 0.1) is 13.7 Å². The van der Waals surface area contributed by atoms with Crippen molar-refractivity contribution in [1.29, 1.82) is 0 Å². The van der Waals surface area contributed by atoms with E-state index in [1.807, 2.05) is 24.3 Å². The molecule has 0 atom stereocenters. The van der Waals surface area contributed by atoms with Crippen molar-refractivity contribution < 1.29 is 9.26 Å². The van der Waals surface area contributed by atoms with E-state index in [0.717, 1.165) is 17.9 Å². The van der Waals surface area contributed by atoms with Crippen LogP contribution < -0.4 is 4.74 Å². The SMILES string of the molecule is COc1ccc(CN(Cc2nc(-c3ccc(C)cc3)no2)C2CC2)cc1. The molecule has 26 heavy (non-hydrogen) atoms. The lowest BCUT2D eigenvalue weighted by atomic mass is 10.1. The van der Waals surface area contributed by atoms with Crippen molar-refractivity contribution in [1.82, 2.24) is 15.0 Å². The third-order valence-electron chi connectivity index (χ3n) is 4.72. The molecule has 3 aromatic rings. The van der Waals surface area contributed by atoms with Gasteiger partial charge in [-0.25, -0.2) is 0 Å². The summed E-state index contributed by atoms with van der Waals surface area (Å²) >= 11 is 0. The molecule has 0 bridgehead atoms. The number of benzene rings is 2. The Balaban J connectivity index is 1.46. The highest BCUT2D eigenvalue weighted by Crippen LogP contribution is 2.30. The Kier molecular flexibility index (Phi) is 4.71. The minimum absolute atomic E-state index is 0.604. The van der Waals surface area contributed by atoms with Gasteiger partial charge in [-0.2, -0.15) is 4.98 Å². The van der Waals surface area contributed by atoms with Crippen LogP contribution in [0.25, 0.3) is 11.4 Å². The van der Waals surface area contributed by atoms with Gasteiger partial charge < -0.3 is 9.26 Å². The Morgan fingerprint density at radius 3 is 2.42 bits per heavy atom. The van der Waals surface area contributed by atoms with Crippen LogP contribution in [0.15, 0.2) is 53.1 Å². The first-order valence-electron chi connectivity index (χ1n) is 8.98. The molecule has 4 rings (SSSR count). The van der Waals surface area contributed by atoms with Gasteiger partial charge in [0, 0.05) is 18.2 Å². The van der Waals surface area contributed by atoms with Crippen molar-refractivity contribution in [3.63, 3.8) is 0 Å². The molecule has 0 spiro atoms. The quantitative estimate of drug-likeness (QED) is 0.639. The molecule has 2 aromatic carbocycles. The van der Waals surface area contributed by atoms with E-state index in [4.69, 9.17) is 9.26 Å². The van der Waals surface area contributed by atoms with Crippen LogP contribution in [-0.2, 0) is 13.1 Å². The fourth-order valence-corrected chi connectivity index (χ4v) is 3.03. The van der Waals surface area contributed by atoms with Crippen LogP contribution in [0.1, 0.15) is 29.9 Å². The zero-order chi connectivity index (χ0) is 17.9. The molecule has 1 saturated carbocycles. The average molecular weight is 349 g/mol. The molecule has 5 nitrogen and oxygen atoms in total. The van der Waals surface area contributed by atoms with Crippen molar-refractivity contribution in [2.24, 2.45) is 0 Å². The number of hydrogen-bond acceptors (Lipinski definition) is 5. The maximum Gasteiger partial charge on any atom is 0.241 e. The molecule has 5 heteroatoms. The van der Waals surface area contributed by atoms with Crippen molar-refractivity contribution in [2.45, 2.75) is 38.9 Å². The molecule has 134 valence electrons. The predicted molar refractivity (Wildman–Crippen MR) is 99.7 cm³/mol. The number of hydrogen-bond donors (Lipinski definition) is 0. The summed E-state index contributed by atoms with van der Waals surface area (Å²) in [6.45, 7) is 3.62. The summed E-state index contributed by atoms with van der Waals surface area (Å²) < 4.78 is 10.7. The maximum atomic E-state index is 5.51. The molecule has 1 fully saturated rings. The molecule has 1 aliphatic carbocycles. The van der Waals surface area contributed by atoms with E-state index in [0.29, 0.717) is 24.3 Å². The Morgan fingerprint density at radius 2 is 1.77 bits per heavy atom. The smallest absolute Gasteiger partial charge is 0.241 e. The number of ether oxygens (including phenoxy) is 1. The van der Waals surface area contributed by atoms with Gasteiger partial charge in [-0.05, 0) is 37.5 Å². The Bertz CT molecular complexity index is 852. The van der Waals surface area contributed by atoms with Gasteiger partial charge in [0.1, 0.15) is 5.75 Å². The van der Waals surface area contributed by atoms with E-state index in [9.17, 15) is 0 Å². The summed E-state index contributed by atoms with van der Waals surface area (Å²) in [5.41, 5.74) is 3.46. The third kappa shape index (κ3) is 3.94. The topological polar surface area (TPSA) is 51.4 Å². The van der Waals surface area contributed by atoms with Gasteiger partial charge in [0.25, 0.3) is 0 Å². The van der Waals surface area contributed by atoms with E-state index in [-0.39, 0.29) is 0 Å². The van der Waals surface area contributed by atoms with Crippen LogP contribution in [0.3, 0.4) is 0 Å². The first-order valence-corrected chi connectivity index (χ1v) is 8.98. The molecule has 0 radical (unpaired) electrons. The van der Waals surface area contributed by atoms with E-state index >= 15 is 0 Å². The van der Waals surface area contributed by atoms with Crippen LogP contribution in [0, 0.1) is 6.92 Å². The van der Waals surface area contributed by atoms with Crippen molar-refractivity contribution in [3.05, 3.63) is 65.5 Å². The van der Waals surface area contributed by atoms with Gasteiger partial charge in [-0.1, -0.05) is 47.1 Å². The molecule has 1 aromatic heterocycles. The lowest BCUT2D eigenvalue weighted by Gasteiger charge is -2.20. The summed E-state index contributed by atoms with van der Waals surface area (Å²) in [4.78, 5) is 7.00. The fourth-order valence-electron chi connectivity index (χ4n) is 3.03. The second-order valence-electron chi connectivity index (χ2n) is 6.86. The Morgan fingerprint density at radius 1 is 1.04 bits per heavy atom. The molecule has 0 unspecified atom stereocenters.